The molecule has 2 nitrogen and oxygen atoms in total. The highest BCUT2D eigenvalue weighted by Gasteiger charge is 2.36. The highest BCUT2D eigenvalue weighted by molar-refractivity contribution is 7.26. The van der Waals surface area contributed by atoms with Gasteiger partial charge in [-0.05, 0) is 132 Å². The molecule has 11 aromatic carbocycles. The quantitative estimate of drug-likeness (QED) is 0.160. The molecule has 0 amide bonds. The Hall–Kier alpha value is -7.98. The zero-order chi connectivity index (χ0) is 43.7. The minimum Gasteiger partial charge on any atom is -0.455 e. The van der Waals surface area contributed by atoms with Crippen LogP contribution in [0.3, 0.4) is 0 Å². The summed E-state index contributed by atoms with van der Waals surface area (Å²) < 4.78 is 9.72. The number of hydrogen-bond acceptors (Lipinski definition) is 3. The van der Waals surface area contributed by atoms with Gasteiger partial charge in [0.1, 0.15) is 11.2 Å². The Morgan fingerprint density at radius 2 is 1.02 bits per heavy atom. The van der Waals surface area contributed by atoms with Crippen molar-refractivity contribution < 1.29 is 4.42 Å². The van der Waals surface area contributed by atoms with Crippen LogP contribution in [0.5, 0.6) is 0 Å². The summed E-state index contributed by atoms with van der Waals surface area (Å²) in [6.45, 7) is 4.72. The Bertz CT molecular complexity index is 4150. The molecule has 2 aromatic heterocycles. The normalized spacial score (nSPS) is 13.1. The Kier molecular flexibility index (Phi) is 7.94. The SMILES string of the molecule is CC1(C)c2ccccc2-c2ccc(N(c3ccc(-c4cccc5c4sc4ccccc45)cc3)c3ccc4oc5c(-c6cc7ccccc7c7ccccc67)c6ccccc6cc5c4c3)cc21. The van der Waals surface area contributed by atoms with Gasteiger partial charge in [-0.15, -0.1) is 11.3 Å². The van der Waals surface area contributed by atoms with Crippen LogP contribution in [0.15, 0.2) is 217 Å². The molecule has 1 aliphatic rings. The number of rotatable bonds is 5. The third-order valence-corrected chi connectivity index (χ3v) is 15.6. The van der Waals surface area contributed by atoms with E-state index < -0.39 is 0 Å². The molecule has 0 saturated carbocycles. The van der Waals surface area contributed by atoms with Crippen LogP contribution in [0.2, 0.25) is 0 Å². The number of thiophene rings is 1. The van der Waals surface area contributed by atoms with E-state index in [1.165, 1.54) is 91.4 Å². The van der Waals surface area contributed by atoms with Gasteiger partial charge in [0, 0.05) is 59.0 Å². The number of benzene rings is 11. The average molecular weight is 860 g/mol. The monoisotopic (exact) mass is 859 g/mol. The van der Waals surface area contributed by atoms with Crippen LogP contribution in [0.4, 0.5) is 17.1 Å². The molecular weight excluding hydrogens is 819 g/mol. The number of fused-ring (bicyclic) bond motifs is 13. The number of anilines is 3. The van der Waals surface area contributed by atoms with Crippen LogP contribution in [0.1, 0.15) is 25.0 Å². The molecule has 310 valence electrons. The van der Waals surface area contributed by atoms with Crippen LogP contribution in [-0.4, -0.2) is 0 Å². The molecule has 2 heterocycles. The summed E-state index contributed by atoms with van der Waals surface area (Å²) in [5.74, 6) is 0. The lowest BCUT2D eigenvalue weighted by Crippen LogP contribution is -2.16. The molecule has 0 unspecified atom stereocenters. The zero-order valence-electron chi connectivity index (χ0n) is 36.5. The van der Waals surface area contributed by atoms with Crippen molar-refractivity contribution in [3.63, 3.8) is 0 Å². The standard InChI is InChI=1S/C63H41NOS/c1-63(2)56-24-11-9-20-49(56)50-32-30-43(37-57(50)63)64(41-28-26-38(27-29-41)46-22-13-23-52-51-21-10-12-25-59(51)66-62(46)52)42-31-33-58-53(36-42)55-35-40-15-4-6-17-45(40)60(61(55)65-58)54-34-39-14-3-5-16-44(39)47-18-7-8-19-48(47)54/h3-37H,1-2H3. The summed E-state index contributed by atoms with van der Waals surface area (Å²) >= 11 is 1.88. The fraction of sp³-hybridized carbons (Fsp3) is 0.0476. The molecule has 3 heteroatoms. The molecular formula is C63H41NOS. The van der Waals surface area contributed by atoms with Crippen molar-refractivity contribution in [2.24, 2.45) is 0 Å². The van der Waals surface area contributed by atoms with Crippen LogP contribution in [-0.2, 0) is 5.41 Å². The summed E-state index contributed by atoms with van der Waals surface area (Å²) in [6.07, 6.45) is 0. The molecule has 66 heavy (non-hydrogen) atoms. The molecule has 14 rings (SSSR count). The van der Waals surface area contributed by atoms with Crippen LogP contribution < -0.4 is 4.90 Å². The Morgan fingerprint density at radius 1 is 0.394 bits per heavy atom. The van der Waals surface area contributed by atoms with Crippen molar-refractivity contribution in [2.75, 3.05) is 4.90 Å². The van der Waals surface area contributed by atoms with Crippen LogP contribution >= 0.6 is 11.3 Å². The van der Waals surface area contributed by atoms with Gasteiger partial charge < -0.3 is 9.32 Å². The van der Waals surface area contributed by atoms with Gasteiger partial charge in [-0.2, -0.15) is 0 Å². The maximum absolute atomic E-state index is 7.08. The second-order valence-electron chi connectivity index (χ2n) is 18.4. The summed E-state index contributed by atoms with van der Waals surface area (Å²) in [5, 5.41) is 12.1. The third-order valence-electron chi connectivity index (χ3n) is 14.4. The predicted molar refractivity (Wildman–Crippen MR) is 282 cm³/mol. The number of nitrogens with zero attached hydrogens (tertiary/aromatic N) is 1. The van der Waals surface area contributed by atoms with Crippen molar-refractivity contribution in [3.05, 3.63) is 223 Å². The summed E-state index contributed by atoms with van der Waals surface area (Å²) in [5.41, 5.74) is 15.0. The average Bonchev–Trinajstić information content (AvgIpc) is 4.00. The highest BCUT2D eigenvalue weighted by atomic mass is 32.1. The molecule has 0 fully saturated rings. The van der Waals surface area contributed by atoms with Crippen molar-refractivity contribution in [3.8, 4) is 33.4 Å². The fourth-order valence-electron chi connectivity index (χ4n) is 11.3. The van der Waals surface area contributed by atoms with Gasteiger partial charge in [0.05, 0.1) is 0 Å². The first-order valence-electron chi connectivity index (χ1n) is 22.8. The van der Waals surface area contributed by atoms with Gasteiger partial charge in [-0.25, -0.2) is 0 Å². The smallest absolute Gasteiger partial charge is 0.143 e. The molecule has 1 aliphatic carbocycles. The van der Waals surface area contributed by atoms with Gasteiger partial charge in [-0.1, -0.05) is 166 Å². The lowest BCUT2D eigenvalue weighted by atomic mass is 9.82. The van der Waals surface area contributed by atoms with Gasteiger partial charge in [0.15, 0.2) is 0 Å². The van der Waals surface area contributed by atoms with Crippen molar-refractivity contribution in [1.82, 2.24) is 0 Å². The Labute approximate surface area is 386 Å². The largest absolute Gasteiger partial charge is 0.455 e. The van der Waals surface area contributed by atoms with E-state index in [-0.39, 0.29) is 5.41 Å². The predicted octanol–water partition coefficient (Wildman–Crippen LogP) is 18.5. The number of hydrogen-bond donors (Lipinski definition) is 0. The van der Waals surface area contributed by atoms with Crippen molar-refractivity contribution in [1.29, 1.82) is 0 Å². The molecule has 0 spiro atoms. The van der Waals surface area contributed by atoms with Gasteiger partial charge in [0.2, 0.25) is 0 Å². The van der Waals surface area contributed by atoms with E-state index >= 15 is 0 Å². The zero-order valence-corrected chi connectivity index (χ0v) is 37.3. The van der Waals surface area contributed by atoms with Crippen molar-refractivity contribution in [2.45, 2.75) is 19.3 Å². The van der Waals surface area contributed by atoms with Crippen molar-refractivity contribution >= 4 is 103 Å². The second kappa shape index (κ2) is 14.0. The van der Waals surface area contributed by atoms with E-state index in [0.717, 1.165) is 44.6 Å². The van der Waals surface area contributed by atoms with Crippen LogP contribution in [0, 0.1) is 0 Å². The van der Waals surface area contributed by atoms with Gasteiger partial charge in [0.25, 0.3) is 0 Å². The summed E-state index contributed by atoms with van der Waals surface area (Å²) in [7, 11) is 0. The molecule has 0 bridgehead atoms. The maximum Gasteiger partial charge on any atom is 0.143 e. The third kappa shape index (κ3) is 5.41. The molecule has 0 atom stereocenters. The summed E-state index contributed by atoms with van der Waals surface area (Å²) in [6, 6.07) is 78.3. The molecule has 0 aliphatic heterocycles. The van der Waals surface area contributed by atoms with Crippen LogP contribution in [0.25, 0.3) is 108 Å². The second-order valence-corrected chi connectivity index (χ2v) is 19.4. The molecule has 13 aromatic rings. The molecule has 0 saturated heterocycles. The number of furan rings is 1. The Balaban J connectivity index is 0.980. The lowest BCUT2D eigenvalue weighted by molar-refractivity contribution is 0.660. The molecule has 0 N–H and O–H groups in total. The van der Waals surface area contributed by atoms with Gasteiger partial charge in [-0.3, -0.25) is 0 Å². The molecule has 0 radical (unpaired) electrons. The van der Waals surface area contributed by atoms with E-state index in [1.54, 1.807) is 0 Å². The van der Waals surface area contributed by atoms with E-state index in [9.17, 15) is 0 Å². The first-order valence-corrected chi connectivity index (χ1v) is 23.6. The highest BCUT2D eigenvalue weighted by Crippen LogP contribution is 2.52. The van der Waals surface area contributed by atoms with E-state index in [0.29, 0.717) is 0 Å². The maximum atomic E-state index is 7.08. The minimum atomic E-state index is -0.143. The van der Waals surface area contributed by atoms with E-state index in [4.69, 9.17) is 4.42 Å². The fourth-order valence-corrected chi connectivity index (χ4v) is 12.5. The minimum absolute atomic E-state index is 0.143. The van der Waals surface area contributed by atoms with E-state index in [1.807, 2.05) is 11.3 Å². The van der Waals surface area contributed by atoms with E-state index in [2.05, 4.69) is 231 Å². The first-order chi connectivity index (χ1) is 32.5. The summed E-state index contributed by atoms with van der Waals surface area (Å²) in [4.78, 5) is 2.43. The Morgan fingerprint density at radius 3 is 1.86 bits per heavy atom. The van der Waals surface area contributed by atoms with Gasteiger partial charge >= 0.3 is 0 Å². The lowest BCUT2D eigenvalue weighted by Gasteiger charge is -2.28. The first kappa shape index (κ1) is 37.4. The topological polar surface area (TPSA) is 16.4 Å².